The Hall–Kier alpha value is -3.33. The van der Waals surface area contributed by atoms with Crippen molar-refractivity contribution >= 4 is 22.4 Å². The van der Waals surface area contributed by atoms with Crippen LogP contribution in [0.1, 0.15) is 40.5 Å². The van der Waals surface area contributed by atoms with Gasteiger partial charge in [0.05, 0.1) is 4.92 Å². The summed E-state index contributed by atoms with van der Waals surface area (Å²) in [6, 6.07) is 9.15. The van der Waals surface area contributed by atoms with Gasteiger partial charge in [-0.1, -0.05) is 18.2 Å². The molecule has 0 bridgehead atoms. The largest absolute Gasteiger partial charge is 0.431 e. The minimum absolute atomic E-state index is 0.00641. The average molecular weight is 422 g/mol. The fraction of sp³-hybridized carbons (Fsp3) is 0.409. The van der Waals surface area contributed by atoms with Gasteiger partial charge in [-0.15, -0.1) is 0 Å². The van der Waals surface area contributed by atoms with Gasteiger partial charge in [-0.3, -0.25) is 15.1 Å². The molecule has 2 N–H and O–H groups in total. The quantitative estimate of drug-likeness (QED) is 0.458. The number of fused-ring (bicyclic) bond motifs is 1. The minimum atomic E-state index is -0.506. The molecule has 0 spiro atoms. The molecule has 0 amide bonds. The number of pyridine rings is 1. The van der Waals surface area contributed by atoms with E-state index in [1.165, 1.54) is 6.33 Å². The Morgan fingerprint density at radius 3 is 2.52 bits per heavy atom. The third kappa shape index (κ3) is 4.56. The molecule has 3 aromatic rings. The van der Waals surface area contributed by atoms with Crippen molar-refractivity contribution < 1.29 is 9.66 Å². The van der Waals surface area contributed by atoms with Gasteiger partial charge in [0.1, 0.15) is 11.8 Å². The molecule has 0 radical (unpaired) electrons. The van der Waals surface area contributed by atoms with E-state index in [1.807, 2.05) is 24.3 Å². The summed E-state index contributed by atoms with van der Waals surface area (Å²) in [7, 11) is 0. The van der Waals surface area contributed by atoms with E-state index in [0.717, 1.165) is 18.2 Å². The van der Waals surface area contributed by atoms with Crippen molar-refractivity contribution in [3.05, 3.63) is 53.0 Å². The fourth-order valence-electron chi connectivity index (χ4n) is 4.59. The van der Waals surface area contributed by atoms with Gasteiger partial charge in [0.25, 0.3) is 0 Å². The van der Waals surface area contributed by atoms with E-state index in [2.05, 4.69) is 53.3 Å². The molecule has 31 heavy (non-hydrogen) atoms. The molecule has 9 nitrogen and oxygen atoms in total. The summed E-state index contributed by atoms with van der Waals surface area (Å²) >= 11 is 0. The average Bonchev–Trinajstić information content (AvgIpc) is 2.65. The zero-order valence-electron chi connectivity index (χ0n) is 18.0. The monoisotopic (exact) mass is 422 g/mol. The first kappa shape index (κ1) is 20.9. The van der Waals surface area contributed by atoms with Gasteiger partial charge in [-0.2, -0.15) is 4.98 Å². The molecule has 1 aromatic carbocycles. The zero-order valence-corrected chi connectivity index (χ0v) is 18.0. The molecule has 9 heteroatoms. The van der Waals surface area contributed by atoms with Crippen LogP contribution in [0.25, 0.3) is 10.9 Å². The first-order valence-electron chi connectivity index (χ1n) is 10.2. The van der Waals surface area contributed by atoms with Crippen molar-refractivity contribution in [2.24, 2.45) is 0 Å². The van der Waals surface area contributed by atoms with Gasteiger partial charge in [-0.05, 0) is 52.7 Å². The molecule has 1 aliphatic heterocycles. The lowest BCUT2D eigenvalue weighted by molar-refractivity contribution is -0.385. The van der Waals surface area contributed by atoms with Crippen LogP contribution in [0.2, 0.25) is 0 Å². The van der Waals surface area contributed by atoms with E-state index in [1.54, 1.807) is 12.3 Å². The van der Waals surface area contributed by atoms with Crippen molar-refractivity contribution in [3.8, 4) is 11.6 Å². The van der Waals surface area contributed by atoms with E-state index >= 15 is 0 Å². The zero-order chi connectivity index (χ0) is 22.2. The number of rotatable bonds is 5. The number of para-hydroxylation sites is 1. The first-order chi connectivity index (χ1) is 14.6. The number of nitro groups is 1. The highest BCUT2D eigenvalue weighted by atomic mass is 16.6. The van der Waals surface area contributed by atoms with E-state index in [-0.39, 0.29) is 34.5 Å². The van der Waals surface area contributed by atoms with Crippen molar-refractivity contribution in [3.63, 3.8) is 0 Å². The predicted octanol–water partition coefficient (Wildman–Crippen LogP) is 4.45. The van der Waals surface area contributed by atoms with Crippen molar-refractivity contribution in [2.75, 3.05) is 5.32 Å². The van der Waals surface area contributed by atoms with E-state index < -0.39 is 4.92 Å². The third-order valence-electron chi connectivity index (χ3n) is 5.30. The Kier molecular flexibility index (Phi) is 5.22. The van der Waals surface area contributed by atoms with Gasteiger partial charge >= 0.3 is 11.6 Å². The van der Waals surface area contributed by atoms with Gasteiger partial charge < -0.3 is 15.4 Å². The smallest absolute Gasteiger partial charge is 0.373 e. The van der Waals surface area contributed by atoms with Gasteiger partial charge in [-0.25, -0.2) is 4.98 Å². The number of nitrogens with one attached hydrogen (secondary N) is 2. The summed E-state index contributed by atoms with van der Waals surface area (Å²) in [6.07, 6.45) is 4.51. The molecule has 162 valence electrons. The third-order valence-corrected chi connectivity index (χ3v) is 5.30. The lowest BCUT2D eigenvalue weighted by atomic mass is 9.79. The molecule has 4 rings (SSSR count). The summed E-state index contributed by atoms with van der Waals surface area (Å²) in [5, 5.41) is 19.7. The standard InChI is InChI=1S/C22H26N6O3/c1-21(2)11-15(12-22(3,4)27-21)26-19-18(28(29)30)20(25-13-24-19)31-16-9-5-7-14-8-6-10-23-17(14)16/h5-10,13,15,27H,11-12H2,1-4H3,(H,24,25,26). The Bertz CT molecular complexity index is 1110. The van der Waals surface area contributed by atoms with Crippen LogP contribution in [0.4, 0.5) is 11.5 Å². The molecule has 1 aliphatic rings. The number of anilines is 1. The van der Waals surface area contributed by atoms with Crippen LogP contribution in [0.3, 0.4) is 0 Å². The maximum Gasteiger partial charge on any atom is 0.373 e. The second-order valence-corrected chi connectivity index (χ2v) is 9.21. The highest BCUT2D eigenvalue weighted by molar-refractivity contribution is 5.84. The second kappa shape index (κ2) is 7.73. The predicted molar refractivity (Wildman–Crippen MR) is 118 cm³/mol. The minimum Gasteiger partial charge on any atom is -0.431 e. The maximum absolute atomic E-state index is 12.0. The number of hydrogen-bond donors (Lipinski definition) is 2. The van der Waals surface area contributed by atoms with Crippen LogP contribution < -0.4 is 15.4 Å². The summed E-state index contributed by atoms with van der Waals surface area (Å²) in [4.78, 5) is 24.0. The van der Waals surface area contributed by atoms with E-state index in [0.29, 0.717) is 11.3 Å². The Labute approximate surface area is 180 Å². The van der Waals surface area contributed by atoms with Gasteiger partial charge in [0.15, 0.2) is 5.75 Å². The highest BCUT2D eigenvalue weighted by Gasteiger charge is 2.39. The molecule has 0 saturated carbocycles. The Balaban J connectivity index is 1.68. The molecule has 1 saturated heterocycles. The summed E-state index contributed by atoms with van der Waals surface area (Å²) in [5.41, 5.74) is 0.0866. The van der Waals surface area contributed by atoms with Crippen molar-refractivity contribution in [1.82, 2.24) is 20.3 Å². The van der Waals surface area contributed by atoms with E-state index in [4.69, 9.17) is 4.74 Å². The summed E-state index contributed by atoms with van der Waals surface area (Å²) < 4.78 is 5.89. The summed E-state index contributed by atoms with van der Waals surface area (Å²) in [6.45, 7) is 8.50. The number of benzene rings is 1. The highest BCUT2D eigenvalue weighted by Crippen LogP contribution is 2.38. The lowest BCUT2D eigenvalue weighted by Crippen LogP contribution is -2.60. The first-order valence-corrected chi connectivity index (χ1v) is 10.2. The van der Waals surface area contributed by atoms with Crippen LogP contribution in [0, 0.1) is 10.1 Å². The summed E-state index contributed by atoms with van der Waals surface area (Å²) in [5.74, 6) is 0.435. The molecule has 3 heterocycles. The molecule has 0 unspecified atom stereocenters. The number of ether oxygens (including phenoxy) is 1. The van der Waals surface area contributed by atoms with Crippen molar-refractivity contribution in [2.45, 2.75) is 57.7 Å². The molecule has 1 fully saturated rings. The number of nitrogens with zero attached hydrogens (tertiary/aromatic N) is 4. The molecule has 0 aliphatic carbocycles. The second-order valence-electron chi connectivity index (χ2n) is 9.21. The molecule has 0 atom stereocenters. The van der Waals surface area contributed by atoms with E-state index in [9.17, 15) is 10.1 Å². The molecular formula is C22H26N6O3. The fourth-order valence-corrected chi connectivity index (χ4v) is 4.59. The molecule has 2 aromatic heterocycles. The normalized spacial score (nSPS) is 17.9. The Morgan fingerprint density at radius 1 is 1.10 bits per heavy atom. The number of hydrogen-bond acceptors (Lipinski definition) is 8. The van der Waals surface area contributed by atoms with Crippen molar-refractivity contribution in [1.29, 1.82) is 0 Å². The van der Waals surface area contributed by atoms with Crippen LogP contribution in [-0.4, -0.2) is 37.0 Å². The lowest BCUT2D eigenvalue weighted by Gasteiger charge is -2.46. The van der Waals surface area contributed by atoms with Crippen LogP contribution in [0.5, 0.6) is 11.6 Å². The molecular weight excluding hydrogens is 396 g/mol. The van der Waals surface area contributed by atoms with Crippen LogP contribution >= 0.6 is 0 Å². The Morgan fingerprint density at radius 2 is 1.81 bits per heavy atom. The SMILES string of the molecule is CC1(C)CC(Nc2ncnc(Oc3cccc4cccnc34)c2[N+](=O)[O-])CC(C)(C)N1. The number of aromatic nitrogens is 3. The van der Waals surface area contributed by atoms with Crippen LogP contribution in [0.15, 0.2) is 42.9 Å². The van der Waals surface area contributed by atoms with Crippen LogP contribution in [-0.2, 0) is 0 Å². The topological polar surface area (TPSA) is 115 Å². The van der Waals surface area contributed by atoms with Gasteiger partial charge in [0.2, 0.25) is 5.82 Å². The number of piperidine rings is 1. The maximum atomic E-state index is 12.0. The van der Waals surface area contributed by atoms with Gasteiger partial charge in [0, 0.05) is 28.7 Å².